The Hall–Kier alpha value is -1.53. The number of phenols is 1. The van der Waals surface area contributed by atoms with Gasteiger partial charge in [-0.15, -0.1) is 11.8 Å². The summed E-state index contributed by atoms with van der Waals surface area (Å²) < 4.78 is 0.717. The Kier molecular flexibility index (Phi) is 4.44. The van der Waals surface area contributed by atoms with Crippen LogP contribution >= 0.6 is 27.7 Å². The average Bonchev–Trinajstić information content (AvgIpc) is 2.37. The Balaban J connectivity index is 2.10. The molecule has 0 spiro atoms. The zero-order valence-electron chi connectivity index (χ0n) is 9.75. The van der Waals surface area contributed by atoms with Gasteiger partial charge in [0.15, 0.2) is 0 Å². The van der Waals surface area contributed by atoms with E-state index in [9.17, 15) is 15.2 Å². The van der Waals surface area contributed by atoms with Gasteiger partial charge in [-0.2, -0.15) is 0 Å². The normalized spacial score (nSPS) is 10.4. The Morgan fingerprint density at radius 1 is 1.26 bits per heavy atom. The lowest BCUT2D eigenvalue weighted by Gasteiger charge is -2.05. The van der Waals surface area contributed by atoms with Crippen LogP contribution in [0.2, 0.25) is 0 Å². The van der Waals surface area contributed by atoms with Crippen molar-refractivity contribution in [3.05, 3.63) is 62.6 Å². The molecule has 0 bridgehead atoms. The van der Waals surface area contributed by atoms with Crippen molar-refractivity contribution < 1.29 is 10.0 Å². The number of aromatic hydroxyl groups is 1. The number of non-ortho nitro benzene ring substituents is 1. The quantitative estimate of drug-likeness (QED) is 0.510. The first kappa shape index (κ1) is 13.9. The predicted octanol–water partition coefficient (Wildman–Crippen LogP) is 4.36. The maximum absolute atomic E-state index is 10.6. The highest BCUT2D eigenvalue weighted by molar-refractivity contribution is 9.10. The molecule has 0 heterocycles. The van der Waals surface area contributed by atoms with Gasteiger partial charge < -0.3 is 5.11 Å². The summed E-state index contributed by atoms with van der Waals surface area (Å²) in [6.45, 7) is 0. The summed E-state index contributed by atoms with van der Waals surface area (Å²) in [5.74, 6) is 0.898. The minimum absolute atomic E-state index is 0.0676. The molecule has 0 fully saturated rings. The van der Waals surface area contributed by atoms with Crippen molar-refractivity contribution in [1.29, 1.82) is 0 Å². The van der Waals surface area contributed by atoms with Crippen LogP contribution in [0.5, 0.6) is 5.75 Å². The van der Waals surface area contributed by atoms with Crippen LogP contribution in [-0.4, -0.2) is 10.0 Å². The van der Waals surface area contributed by atoms with Crippen LogP contribution in [0.4, 0.5) is 5.69 Å². The van der Waals surface area contributed by atoms with Gasteiger partial charge >= 0.3 is 0 Å². The lowest BCUT2D eigenvalue weighted by molar-refractivity contribution is -0.384. The van der Waals surface area contributed by atoms with Crippen LogP contribution in [0.25, 0.3) is 0 Å². The second-order valence-electron chi connectivity index (χ2n) is 3.82. The fourth-order valence-corrected chi connectivity index (χ4v) is 3.15. The maximum Gasteiger partial charge on any atom is 0.270 e. The van der Waals surface area contributed by atoms with Gasteiger partial charge in [0.25, 0.3) is 5.69 Å². The second kappa shape index (κ2) is 6.08. The molecule has 4 nitrogen and oxygen atoms in total. The fourth-order valence-electron chi connectivity index (χ4n) is 1.50. The lowest BCUT2D eigenvalue weighted by atomic mass is 10.2. The van der Waals surface area contributed by atoms with E-state index in [1.807, 2.05) is 6.07 Å². The van der Waals surface area contributed by atoms with E-state index >= 15 is 0 Å². The third kappa shape index (κ3) is 3.71. The first-order chi connectivity index (χ1) is 9.06. The van der Waals surface area contributed by atoms with E-state index in [1.54, 1.807) is 36.0 Å². The van der Waals surface area contributed by atoms with E-state index in [4.69, 9.17) is 0 Å². The van der Waals surface area contributed by atoms with Gasteiger partial charge in [0.2, 0.25) is 0 Å². The van der Waals surface area contributed by atoms with Gasteiger partial charge in [-0.1, -0.05) is 28.1 Å². The molecule has 1 N–H and O–H groups in total. The SMILES string of the molecule is O=[N+]([O-])c1ccc(CSc2cccc(O)c2)c(Br)c1. The second-order valence-corrected chi connectivity index (χ2v) is 5.72. The molecule has 0 saturated heterocycles. The molecule has 0 amide bonds. The molecule has 2 rings (SSSR count). The van der Waals surface area contributed by atoms with Gasteiger partial charge in [-0.05, 0) is 23.8 Å². The summed E-state index contributed by atoms with van der Waals surface area (Å²) in [5, 5.41) is 20.0. The predicted molar refractivity (Wildman–Crippen MR) is 78.5 cm³/mol. The monoisotopic (exact) mass is 339 g/mol. The van der Waals surface area contributed by atoms with Crippen molar-refractivity contribution in [2.24, 2.45) is 0 Å². The number of benzene rings is 2. The van der Waals surface area contributed by atoms with Crippen molar-refractivity contribution >= 4 is 33.4 Å². The Morgan fingerprint density at radius 3 is 2.68 bits per heavy atom. The van der Waals surface area contributed by atoms with Gasteiger partial charge in [0, 0.05) is 27.3 Å². The highest BCUT2D eigenvalue weighted by atomic mass is 79.9. The smallest absolute Gasteiger partial charge is 0.270 e. The van der Waals surface area contributed by atoms with Crippen molar-refractivity contribution in [2.75, 3.05) is 0 Å². The molecule has 0 aliphatic carbocycles. The van der Waals surface area contributed by atoms with Gasteiger partial charge in [-0.3, -0.25) is 10.1 Å². The van der Waals surface area contributed by atoms with Crippen LogP contribution in [0, 0.1) is 10.1 Å². The molecule has 98 valence electrons. The Labute approximate surface area is 122 Å². The Morgan fingerprint density at radius 2 is 2.05 bits per heavy atom. The van der Waals surface area contributed by atoms with Crippen molar-refractivity contribution in [2.45, 2.75) is 10.6 Å². The van der Waals surface area contributed by atoms with Crippen molar-refractivity contribution in [3.8, 4) is 5.75 Å². The van der Waals surface area contributed by atoms with Gasteiger partial charge in [-0.25, -0.2) is 0 Å². The number of thioether (sulfide) groups is 1. The zero-order chi connectivity index (χ0) is 13.8. The number of halogens is 1. The van der Waals surface area contributed by atoms with Gasteiger partial charge in [0.1, 0.15) is 5.75 Å². The Bertz CT molecular complexity index is 619. The minimum Gasteiger partial charge on any atom is -0.508 e. The van der Waals surface area contributed by atoms with Crippen molar-refractivity contribution in [3.63, 3.8) is 0 Å². The van der Waals surface area contributed by atoms with Crippen LogP contribution in [0.15, 0.2) is 51.8 Å². The lowest BCUT2D eigenvalue weighted by Crippen LogP contribution is -1.90. The van der Waals surface area contributed by atoms with Crippen molar-refractivity contribution in [1.82, 2.24) is 0 Å². The standard InChI is InChI=1S/C13H10BrNO3S/c14-13-6-10(15(17)18)5-4-9(13)8-19-12-3-1-2-11(16)7-12/h1-7,16H,8H2. The maximum atomic E-state index is 10.6. The zero-order valence-corrected chi connectivity index (χ0v) is 12.1. The number of rotatable bonds is 4. The number of nitro groups is 1. The summed E-state index contributed by atoms with van der Waals surface area (Å²) in [6.07, 6.45) is 0. The molecule has 0 atom stereocenters. The molecule has 0 aliphatic heterocycles. The number of phenolic OH excluding ortho intramolecular Hbond substituents is 1. The highest BCUT2D eigenvalue weighted by Gasteiger charge is 2.09. The average molecular weight is 340 g/mol. The molecule has 19 heavy (non-hydrogen) atoms. The van der Waals surface area contributed by atoms with Gasteiger partial charge in [0.05, 0.1) is 4.92 Å². The fraction of sp³-hybridized carbons (Fsp3) is 0.0769. The molecule has 0 saturated carbocycles. The van der Waals surface area contributed by atoms with E-state index < -0.39 is 4.92 Å². The number of nitro benzene ring substituents is 1. The number of nitrogens with zero attached hydrogens (tertiary/aromatic N) is 1. The minimum atomic E-state index is -0.420. The molecule has 0 aromatic heterocycles. The summed E-state index contributed by atoms with van der Waals surface area (Å²) in [7, 11) is 0. The van der Waals surface area contributed by atoms with Crippen LogP contribution < -0.4 is 0 Å². The molecule has 2 aromatic carbocycles. The first-order valence-electron chi connectivity index (χ1n) is 5.41. The van der Waals surface area contributed by atoms with E-state index in [-0.39, 0.29) is 11.4 Å². The van der Waals surface area contributed by atoms with E-state index in [2.05, 4.69) is 15.9 Å². The summed E-state index contributed by atoms with van der Waals surface area (Å²) in [4.78, 5) is 11.2. The van der Waals surface area contributed by atoms with Crippen LogP contribution in [-0.2, 0) is 5.75 Å². The largest absolute Gasteiger partial charge is 0.508 e. The van der Waals surface area contributed by atoms with E-state index in [1.165, 1.54) is 12.1 Å². The topological polar surface area (TPSA) is 63.4 Å². The molecule has 0 aliphatic rings. The molecule has 0 unspecified atom stereocenters. The highest BCUT2D eigenvalue weighted by Crippen LogP contribution is 2.30. The summed E-state index contributed by atoms with van der Waals surface area (Å²) >= 11 is 4.89. The molecule has 2 aromatic rings. The molecular formula is C13H10BrNO3S. The first-order valence-corrected chi connectivity index (χ1v) is 7.19. The molecular weight excluding hydrogens is 330 g/mol. The van der Waals surface area contributed by atoms with Crippen LogP contribution in [0.3, 0.4) is 0 Å². The third-order valence-corrected chi connectivity index (χ3v) is 4.24. The van der Waals surface area contributed by atoms with E-state index in [0.29, 0.717) is 10.2 Å². The van der Waals surface area contributed by atoms with E-state index in [0.717, 1.165) is 10.5 Å². The molecule has 0 radical (unpaired) electrons. The number of hydrogen-bond donors (Lipinski definition) is 1. The summed E-state index contributed by atoms with van der Waals surface area (Å²) in [6, 6.07) is 11.7. The van der Waals surface area contributed by atoms with Crippen LogP contribution in [0.1, 0.15) is 5.56 Å². The third-order valence-electron chi connectivity index (χ3n) is 2.46. The number of hydrogen-bond acceptors (Lipinski definition) is 4. The summed E-state index contributed by atoms with van der Waals surface area (Å²) in [5.41, 5.74) is 1.04. The molecule has 6 heteroatoms.